The van der Waals surface area contributed by atoms with Gasteiger partial charge in [-0.2, -0.15) is 0 Å². The predicted octanol–water partition coefficient (Wildman–Crippen LogP) is 0.370. The lowest BCUT2D eigenvalue weighted by Crippen LogP contribution is -2.36. The molecule has 1 amide bonds. The van der Waals surface area contributed by atoms with Gasteiger partial charge in [0, 0.05) is 13.1 Å². The Morgan fingerprint density at radius 2 is 2.18 bits per heavy atom. The van der Waals surface area contributed by atoms with Crippen molar-refractivity contribution in [2.45, 2.75) is 13.8 Å². The molecule has 0 rings (SSSR count). The van der Waals surface area contributed by atoms with Crippen LogP contribution < -0.4 is 5.73 Å². The summed E-state index contributed by atoms with van der Waals surface area (Å²) in [6.45, 7) is 8.95. The van der Waals surface area contributed by atoms with Crippen LogP contribution in [0.25, 0.3) is 0 Å². The summed E-state index contributed by atoms with van der Waals surface area (Å²) < 4.78 is 0. The molecule has 0 heterocycles. The Morgan fingerprint density at radius 3 is 2.45 bits per heavy atom. The second-order valence-electron chi connectivity index (χ2n) is 2.57. The minimum absolute atomic E-state index is 0.0181. The topological polar surface area (TPSA) is 46.3 Å². The van der Waals surface area contributed by atoms with E-state index in [2.05, 4.69) is 6.58 Å². The number of nitrogens with zero attached hydrogens (tertiary/aromatic N) is 1. The summed E-state index contributed by atoms with van der Waals surface area (Å²) >= 11 is 0. The van der Waals surface area contributed by atoms with Crippen LogP contribution in [-0.2, 0) is 4.79 Å². The Kier molecular flexibility index (Phi) is 4.54. The van der Waals surface area contributed by atoms with Gasteiger partial charge in [0.1, 0.15) is 0 Å². The quantitative estimate of drug-likeness (QED) is 0.598. The summed E-state index contributed by atoms with van der Waals surface area (Å²) in [7, 11) is 0. The summed E-state index contributed by atoms with van der Waals surface area (Å²) in [6.07, 6.45) is 0. The molecule has 0 unspecified atom stereocenters. The highest BCUT2D eigenvalue weighted by Gasteiger charge is 2.07. The van der Waals surface area contributed by atoms with Crippen LogP contribution in [0.4, 0.5) is 0 Å². The molecule has 0 saturated heterocycles. The van der Waals surface area contributed by atoms with Crippen molar-refractivity contribution < 1.29 is 4.79 Å². The molecule has 0 aromatic rings. The smallest absolute Gasteiger partial charge is 0.236 e. The lowest BCUT2D eigenvalue weighted by molar-refractivity contribution is -0.129. The van der Waals surface area contributed by atoms with Gasteiger partial charge in [-0.15, -0.1) is 0 Å². The molecule has 0 aromatic carbocycles. The van der Waals surface area contributed by atoms with E-state index < -0.39 is 0 Å². The van der Waals surface area contributed by atoms with E-state index in [1.54, 1.807) is 4.90 Å². The summed E-state index contributed by atoms with van der Waals surface area (Å²) in [5, 5.41) is 0. The fourth-order valence-corrected chi connectivity index (χ4v) is 0.831. The summed E-state index contributed by atoms with van der Waals surface area (Å²) in [4.78, 5) is 12.7. The molecule has 0 radical (unpaired) electrons. The highest BCUT2D eigenvalue weighted by atomic mass is 16.2. The number of nitrogens with two attached hydrogens (primary N) is 1. The van der Waals surface area contributed by atoms with E-state index in [-0.39, 0.29) is 12.5 Å². The van der Waals surface area contributed by atoms with Crippen molar-refractivity contribution >= 4 is 5.91 Å². The van der Waals surface area contributed by atoms with Crippen molar-refractivity contribution in [3.8, 4) is 0 Å². The Morgan fingerprint density at radius 1 is 1.64 bits per heavy atom. The lowest BCUT2D eigenvalue weighted by Gasteiger charge is -2.19. The summed E-state index contributed by atoms with van der Waals surface area (Å²) in [6, 6.07) is 0. The van der Waals surface area contributed by atoms with Crippen molar-refractivity contribution in [1.29, 1.82) is 0 Å². The van der Waals surface area contributed by atoms with E-state index in [0.717, 1.165) is 5.57 Å². The summed E-state index contributed by atoms with van der Waals surface area (Å²) in [5.74, 6) is -0.0181. The fraction of sp³-hybridized carbons (Fsp3) is 0.625. The molecule has 0 aliphatic rings. The molecule has 2 N–H and O–H groups in total. The monoisotopic (exact) mass is 156 g/mol. The first-order chi connectivity index (χ1) is 5.11. The van der Waals surface area contributed by atoms with Crippen LogP contribution in [0.2, 0.25) is 0 Å². The third kappa shape index (κ3) is 3.78. The number of carbonyl (C=O) groups is 1. The number of likely N-dealkylation sites (N-methyl/N-ethyl adjacent to an activating group) is 1. The second-order valence-corrected chi connectivity index (χ2v) is 2.57. The van der Waals surface area contributed by atoms with Crippen LogP contribution in [-0.4, -0.2) is 30.4 Å². The van der Waals surface area contributed by atoms with Crippen LogP contribution in [0.15, 0.2) is 12.2 Å². The van der Waals surface area contributed by atoms with Crippen molar-refractivity contribution in [2.75, 3.05) is 19.6 Å². The number of rotatable bonds is 4. The van der Waals surface area contributed by atoms with Gasteiger partial charge in [0.25, 0.3) is 0 Å². The second kappa shape index (κ2) is 4.91. The molecule has 64 valence electrons. The van der Waals surface area contributed by atoms with E-state index in [9.17, 15) is 4.79 Å². The van der Waals surface area contributed by atoms with Gasteiger partial charge in [0.15, 0.2) is 0 Å². The highest BCUT2D eigenvalue weighted by Crippen LogP contribution is 1.94. The molecule has 3 heteroatoms. The van der Waals surface area contributed by atoms with Gasteiger partial charge in [-0.25, -0.2) is 0 Å². The third-order valence-corrected chi connectivity index (χ3v) is 1.37. The molecule has 0 atom stereocenters. The van der Waals surface area contributed by atoms with Gasteiger partial charge in [-0.05, 0) is 13.8 Å². The van der Waals surface area contributed by atoms with Gasteiger partial charge < -0.3 is 10.6 Å². The lowest BCUT2D eigenvalue weighted by atomic mass is 10.3. The minimum Gasteiger partial charge on any atom is -0.338 e. The highest BCUT2D eigenvalue weighted by molar-refractivity contribution is 5.78. The molecule has 0 saturated carbocycles. The van der Waals surface area contributed by atoms with Crippen molar-refractivity contribution in [3.63, 3.8) is 0 Å². The Bertz CT molecular complexity index is 154. The molecule has 0 aromatic heterocycles. The maximum absolute atomic E-state index is 11.0. The van der Waals surface area contributed by atoms with E-state index in [0.29, 0.717) is 13.1 Å². The fourth-order valence-electron chi connectivity index (χ4n) is 0.831. The van der Waals surface area contributed by atoms with Crippen LogP contribution in [0, 0.1) is 0 Å². The first kappa shape index (κ1) is 10.2. The SMILES string of the molecule is C=C(C)CN(CC)C(=O)CN. The largest absolute Gasteiger partial charge is 0.338 e. The average molecular weight is 156 g/mol. The average Bonchev–Trinajstić information content (AvgIpc) is 1.98. The normalized spacial score (nSPS) is 9.36. The maximum atomic E-state index is 11.0. The Hall–Kier alpha value is -0.830. The van der Waals surface area contributed by atoms with Crippen LogP contribution in [0.5, 0.6) is 0 Å². The molecular weight excluding hydrogens is 140 g/mol. The standard InChI is InChI=1S/C8H16N2O/c1-4-10(6-7(2)3)8(11)5-9/h2,4-6,9H2,1,3H3. The van der Waals surface area contributed by atoms with E-state index >= 15 is 0 Å². The summed E-state index contributed by atoms with van der Waals surface area (Å²) in [5.41, 5.74) is 6.18. The zero-order valence-electron chi connectivity index (χ0n) is 7.26. The van der Waals surface area contributed by atoms with Crippen LogP contribution >= 0.6 is 0 Å². The molecule has 0 aliphatic carbocycles. The molecule has 0 spiro atoms. The Labute approximate surface area is 67.9 Å². The number of amides is 1. The van der Waals surface area contributed by atoms with Crippen molar-refractivity contribution in [3.05, 3.63) is 12.2 Å². The van der Waals surface area contributed by atoms with Crippen LogP contribution in [0.3, 0.4) is 0 Å². The van der Waals surface area contributed by atoms with Crippen molar-refractivity contribution in [2.24, 2.45) is 5.73 Å². The van der Waals surface area contributed by atoms with E-state index in [1.165, 1.54) is 0 Å². The first-order valence-electron chi connectivity index (χ1n) is 3.74. The van der Waals surface area contributed by atoms with Gasteiger partial charge >= 0.3 is 0 Å². The first-order valence-corrected chi connectivity index (χ1v) is 3.74. The molecule has 3 nitrogen and oxygen atoms in total. The number of hydrogen-bond donors (Lipinski definition) is 1. The predicted molar refractivity (Wildman–Crippen MR) is 46.1 cm³/mol. The number of hydrogen-bond acceptors (Lipinski definition) is 2. The molecule has 0 aliphatic heterocycles. The number of carbonyl (C=O) groups excluding carboxylic acids is 1. The van der Waals surface area contributed by atoms with Gasteiger partial charge in [-0.3, -0.25) is 4.79 Å². The molecule has 11 heavy (non-hydrogen) atoms. The van der Waals surface area contributed by atoms with Gasteiger partial charge in [0.2, 0.25) is 5.91 Å². The molecular formula is C8H16N2O. The van der Waals surface area contributed by atoms with E-state index in [1.807, 2.05) is 13.8 Å². The Balaban J connectivity index is 3.94. The van der Waals surface area contributed by atoms with Crippen LogP contribution in [0.1, 0.15) is 13.8 Å². The minimum atomic E-state index is -0.0181. The van der Waals surface area contributed by atoms with E-state index in [4.69, 9.17) is 5.73 Å². The zero-order valence-corrected chi connectivity index (χ0v) is 7.26. The maximum Gasteiger partial charge on any atom is 0.236 e. The van der Waals surface area contributed by atoms with Gasteiger partial charge in [0.05, 0.1) is 6.54 Å². The third-order valence-electron chi connectivity index (χ3n) is 1.37. The van der Waals surface area contributed by atoms with Crippen molar-refractivity contribution in [1.82, 2.24) is 4.90 Å². The molecule has 0 bridgehead atoms. The molecule has 0 fully saturated rings. The van der Waals surface area contributed by atoms with Gasteiger partial charge in [-0.1, -0.05) is 12.2 Å². The zero-order chi connectivity index (χ0) is 8.85.